The van der Waals surface area contributed by atoms with Gasteiger partial charge in [0, 0.05) is 21.1 Å². The van der Waals surface area contributed by atoms with Crippen LogP contribution < -0.4 is 10.6 Å². The van der Waals surface area contributed by atoms with Crippen molar-refractivity contribution in [1.29, 1.82) is 0 Å². The number of halogens is 2. The summed E-state index contributed by atoms with van der Waals surface area (Å²) in [7, 11) is 0. The maximum atomic E-state index is 11.9. The number of rotatable bonds is 3. The Morgan fingerprint density at radius 1 is 1.40 bits per heavy atom. The average molecular weight is 330 g/mol. The highest BCUT2D eigenvalue weighted by molar-refractivity contribution is 7.15. The number of thiazole rings is 1. The van der Waals surface area contributed by atoms with Crippen molar-refractivity contribution in [2.75, 3.05) is 5.32 Å². The van der Waals surface area contributed by atoms with Crippen LogP contribution in [0, 0.1) is 6.92 Å². The summed E-state index contributed by atoms with van der Waals surface area (Å²) in [5, 5.41) is 7.14. The Bertz CT molecular complexity index is 630. The predicted molar refractivity (Wildman–Crippen MR) is 83.9 cm³/mol. The molecule has 1 aromatic carbocycles. The largest absolute Gasteiger partial charge is 0.331 e. The van der Waals surface area contributed by atoms with Gasteiger partial charge in [0.1, 0.15) is 0 Å². The van der Waals surface area contributed by atoms with Crippen molar-refractivity contribution in [3.8, 4) is 0 Å². The van der Waals surface area contributed by atoms with E-state index in [4.69, 9.17) is 23.2 Å². The predicted octanol–water partition coefficient (Wildman–Crippen LogP) is 4.64. The third kappa shape index (κ3) is 3.85. The van der Waals surface area contributed by atoms with Crippen molar-refractivity contribution in [3.05, 3.63) is 44.9 Å². The molecule has 2 aromatic rings. The van der Waals surface area contributed by atoms with Gasteiger partial charge in [-0.2, -0.15) is 0 Å². The van der Waals surface area contributed by atoms with E-state index < -0.39 is 0 Å². The molecule has 0 saturated heterocycles. The summed E-state index contributed by atoms with van der Waals surface area (Å²) in [6, 6.07) is 4.63. The fraction of sp³-hybridized carbons (Fsp3) is 0.231. The molecule has 0 spiro atoms. The lowest BCUT2D eigenvalue weighted by atomic mass is 10.1. The fourth-order valence-corrected chi connectivity index (χ4v) is 2.90. The summed E-state index contributed by atoms with van der Waals surface area (Å²) in [6.07, 6.45) is 1.71. The molecule has 7 heteroatoms. The van der Waals surface area contributed by atoms with Crippen LogP contribution in [0.5, 0.6) is 0 Å². The van der Waals surface area contributed by atoms with Crippen molar-refractivity contribution < 1.29 is 4.79 Å². The Kier molecular flexibility index (Phi) is 4.86. The van der Waals surface area contributed by atoms with Crippen molar-refractivity contribution in [3.63, 3.8) is 0 Å². The quantitative estimate of drug-likeness (QED) is 0.861. The van der Waals surface area contributed by atoms with Gasteiger partial charge >= 0.3 is 6.03 Å². The molecule has 20 heavy (non-hydrogen) atoms. The molecule has 106 valence electrons. The fourth-order valence-electron chi connectivity index (χ4n) is 1.67. The first-order chi connectivity index (χ1) is 9.45. The normalized spacial score (nSPS) is 12.0. The molecule has 0 bridgehead atoms. The standard InChI is InChI=1S/C13H13Cl2N3OS/c1-7-6-16-13(20-7)18-12(19)17-8(2)10-4-3-9(14)5-11(10)15/h3-6,8H,1-2H3,(H2,16,17,18,19). The molecule has 0 saturated carbocycles. The molecule has 0 aliphatic carbocycles. The molecule has 2 N–H and O–H groups in total. The van der Waals surface area contributed by atoms with Crippen LogP contribution in [0.3, 0.4) is 0 Å². The molecule has 1 unspecified atom stereocenters. The van der Waals surface area contributed by atoms with Crippen molar-refractivity contribution in [2.24, 2.45) is 0 Å². The monoisotopic (exact) mass is 329 g/mol. The number of benzene rings is 1. The molecule has 2 amide bonds. The summed E-state index contributed by atoms with van der Waals surface area (Å²) in [6.45, 7) is 3.78. The summed E-state index contributed by atoms with van der Waals surface area (Å²) >= 11 is 13.4. The first-order valence-corrected chi connectivity index (χ1v) is 7.48. The van der Waals surface area contributed by atoms with Gasteiger partial charge in [-0.1, -0.05) is 29.3 Å². The second-order valence-corrected chi connectivity index (χ2v) is 6.34. The number of aryl methyl sites for hydroxylation is 1. The van der Waals surface area contributed by atoms with Crippen molar-refractivity contribution in [2.45, 2.75) is 19.9 Å². The lowest BCUT2D eigenvalue weighted by Crippen LogP contribution is -2.31. The van der Waals surface area contributed by atoms with Gasteiger partial charge in [0.2, 0.25) is 0 Å². The molecule has 2 rings (SSSR count). The minimum absolute atomic E-state index is 0.235. The van der Waals surface area contributed by atoms with Gasteiger partial charge in [0.15, 0.2) is 5.13 Å². The number of nitrogens with one attached hydrogen (secondary N) is 2. The average Bonchev–Trinajstić information content (AvgIpc) is 2.74. The van der Waals surface area contributed by atoms with E-state index in [0.717, 1.165) is 10.4 Å². The third-order valence-electron chi connectivity index (χ3n) is 2.62. The molecule has 0 radical (unpaired) electrons. The van der Waals surface area contributed by atoms with Crippen LogP contribution in [0.15, 0.2) is 24.4 Å². The number of hydrogen-bond donors (Lipinski definition) is 2. The highest BCUT2D eigenvalue weighted by Gasteiger charge is 2.13. The van der Waals surface area contributed by atoms with Crippen LogP contribution in [-0.2, 0) is 0 Å². The van der Waals surface area contributed by atoms with Gasteiger partial charge in [-0.25, -0.2) is 9.78 Å². The van der Waals surface area contributed by atoms with Crippen LogP contribution in [0.1, 0.15) is 23.4 Å². The van der Waals surface area contributed by atoms with E-state index in [2.05, 4.69) is 15.6 Å². The summed E-state index contributed by atoms with van der Waals surface area (Å²) in [5.41, 5.74) is 0.807. The zero-order valence-corrected chi connectivity index (χ0v) is 13.2. The minimum atomic E-state index is -0.321. The molecule has 1 aromatic heterocycles. The van der Waals surface area contributed by atoms with E-state index in [-0.39, 0.29) is 12.1 Å². The van der Waals surface area contributed by atoms with E-state index in [1.165, 1.54) is 11.3 Å². The first kappa shape index (κ1) is 15.1. The highest BCUT2D eigenvalue weighted by Crippen LogP contribution is 2.26. The van der Waals surface area contributed by atoms with Gasteiger partial charge in [-0.05, 0) is 31.5 Å². The lowest BCUT2D eigenvalue weighted by Gasteiger charge is -2.15. The van der Waals surface area contributed by atoms with E-state index in [0.29, 0.717) is 15.2 Å². The number of urea groups is 1. The van der Waals surface area contributed by atoms with Gasteiger partial charge in [0.05, 0.1) is 6.04 Å². The van der Waals surface area contributed by atoms with Crippen LogP contribution in [-0.4, -0.2) is 11.0 Å². The molecular weight excluding hydrogens is 317 g/mol. The van der Waals surface area contributed by atoms with Crippen molar-refractivity contribution >= 4 is 45.7 Å². The molecule has 0 fully saturated rings. The van der Waals surface area contributed by atoms with Crippen LogP contribution >= 0.6 is 34.5 Å². The Hall–Kier alpha value is -1.30. The smallest absolute Gasteiger partial charge is 0.321 e. The molecular formula is C13H13Cl2N3OS. The van der Waals surface area contributed by atoms with Crippen molar-refractivity contribution in [1.82, 2.24) is 10.3 Å². The third-order valence-corrected chi connectivity index (χ3v) is 4.01. The van der Waals surface area contributed by atoms with Crippen LogP contribution in [0.25, 0.3) is 0 Å². The number of nitrogens with zero attached hydrogens (tertiary/aromatic N) is 1. The Morgan fingerprint density at radius 3 is 2.75 bits per heavy atom. The van der Waals surface area contributed by atoms with E-state index in [1.807, 2.05) is 13.8 Å². The Balaban J connectivity index is 2.00. The van der Waals surface area contributed by atoms with E-state index in [9.17, 15) is 4.79 Å². The molecule has 0 aliphatic heterocycles. The maximum absolute atomic E-state index is 11.9. The van der Waals surface area contributed by atoms with E-state index in [1.54, 1.807) is 24.4 Å². The second-order valence-electron chi connectivity index (χ2n) is 4.26. The Morgan fingerprint density at radius 2 is 2.15 bits per heavy atom. The zero-order valence-electron chi connectivity index (χ0n) is 10.9. The van der Waals surface area contributed by atoms with Gasteiger partial charge < -0.3 is 5.32 Å². The highest BCUT2D eigenvalue weighted by atomic mass is 35.5. The van der Waals surface area contributed by atoms with Gasteiger partial charge in [0.25, 0.3) is 0 Å². The van der Waals surface area contributed by atoms with Gasteiger partial charge in [-0.3, -0.25) is 5.32 Å². The van der Waals surface area contributed by atoms with Crippen LogP contribution in [0.2, 0.25) is 10.0 Å². The first-order valence-electron chi connectivity index (χ1n) is 5.90. The zero-order chi connectivity index (χ0) is 14.7. The molecule has 1 atom stereocenters. The summed E-state index contributed by atoms with van der Waals surface area (Å²) in [4.78, 5) is 17.0. The van der Waals surface area contributed by atoms with E-state index >= 15 is 0 Å². The SMILES string of the molecule is Cc1cnc(NC(=O)NC(C)c2ccc(Cl)cc2Cl)s1. The molecule has 1 heterocycles. The number of aromatic nitrogens is 1. The minimum Gasteiger partial charge on any atom is -0.331 e. The number of carbonyl (C=O) groups is 1. The van der Waals surface area contributed by atoms with Gasteiger partial charge in [-0.15, -0.1) is 11.3 Å². The summed E-state index contributed by atoms with van der Waals surface area (Å²) in [5.74, 6) is 0. The maximum Gasteiger partial charge on any atom is 0.321 e. The number of hydrogen-bond acceptors (Lipinski definition) is 3. The number of anilines is 1. The lowest BCUT2D eigenvalue weighted by molar-refractivity contribution is 0.249. The van der Waals surface area contributed by atoms with Crippen LogP contribution in [0.4, 0.5) is 9.93 Å². The number of carbonyl (C=O) groups excluding carboxylic acids is 1. The summed E-state index contributed by atoms with van der Waals surface area (Å²) < 4.78 is 0. The number of amides is 2. The Labute approximate surface area is 131 Å². The topological polar surface area (TPSA) is 54.0 Å². The second kappa shape index (κ2) is 6.43. The molecule has 4 nitrogen and oxygen atoms in total. The molecule has 0 aliphatic rings.